The smallest absolute Gasteiger partial charge is 0.265 e. The van der Waals surface area contributed by atoms with Crippen LogP contribution in [0.5, 0.6) is 5.75 Å². The highest BCUT2D eigenvalue weighted by molar-refractivity contribution is 8.13. The standard InChI is InChI=1S/C13H16ClNO4S/c1-4-5-15-12(16)8-19-13-10(3)6-9(2)7-11(13)20(14,17)18/h4,6-7H,1,5,8H2,2-3H3,(H,15,16). The summed E-state index contributed by atoms with van der Waals surface area (Å²) in [5, 5.41) is 2.53. The number of nitrogens with one attached hydrogen (secondary N) is 1. The molecule has 1 aromatic rings. The molecule has 20 heavy (non-hydrogen) atoms. The van der Waals surface area contributed by atoms with Gasteiger partial charge in [-0.3, -0.25) is 4.79 Å². The summed E-state index contributed by atoms with van der Waals surface area (Å²) >= 11 is 0. The maximum Gasteiger partial charge on any atom is 0.265 e. The van der Waals surface area contributed by atoms with Gasteiger partial charge in [0.05, 0.1) is 0 Å². The van der Waals surface area contributed by atoms with Crippen molar-refractivity contribution >= 4 is 25.6 Å². The van der Waals surface area contributed by atoms with Crippen LogP contribution in [0.15, 0.2) is 29.7 Å². The molecular formula is C13H16ClNO4S. The summed E-state index contributed by atoms with van der Waals surface area (Å²) < 4.78 is 28.4. The van der Waals surface area contributed by atoms with Gasteiger partial charge in [0.2, 0.25) is 0 Å². The Kier molecular flexibility index (Phi) is 5.59. The van der Waals surface area contributed by atoms with Crippen LogP contribution in [0.25, 0.3) is 0 Å². The molecule has 0 aliphatic rings. The van der Waals surface area contributed by atoms with Gasteiger partial charge in [0, 0.05) is 17.2 Å². The van der Waals surface area contributed by atoms with E-state index in [0.29, 0.717) is 12.1 Å². The second-order valence-electron chi connectivity index (χ2n) is 4.23. The van der Waals surface area contributed by atoms with Crippen LogP contribution in [-0.4, -0.2) is 27.5 Å². The van der Waals surface area contributed by atoms with Gasteiger partial charge < -0.3 is 10.1 Å². The first-order valence-electron chi connectivity index (χ1n) is 5.82. The van der Waals surface area contributed by atoms with Crippen LogP contribution in [0.3, 0.4) is 0 Å². The average molecular weight is 318 g/mol. The van der Waals surface area contributed by atoms with Crippen molar-refractivity contribution in [2.75, 3.05) is 13.2 Å². The van der Waals surface area contributed by atoms with E-state index < -0.39 is 9.05 Å². The Morgan fingerprint density at radius 2 is 2.10 bits per heavy atom. The van der Waals surface area contributed by atoms with E-state index in [1.165, 1.54) is 12.1 Å². The zero-order valence-corrected chi connectivity index (χ0v) is 12.8. The molecule has 0 unspecified atom stereocenters. The Labute approximate surface area is 123 Å². The third-order valence-corrected chi connectivity index (χ3v) is 3.77. The van der Waals surface area contributed by atoms with E-state index in [4.69, 9.17) is 15.4 Å². The lowest BCUT2D eigenvalue weighted by Gasteiger charge is -2.13. The van der Waals surface area contributed by atoms with E-state index in [-0.39, 0.29) is 23.2 Å². The summed E-state index contributed by atoms with van der Waals surface area (Å²) in [6, 6.07) is 3.16. The summed E-state index contributed by atoms with van der Waals surface area (Å²) in [6.07, 6.45) is 1.53. The van der Waals surface area contributed by atoms with E-state index in [1.807, 2.05) is 0 Å². The van der Waals surface area contributed by atoms with Crippen molar-refractivity contribution in [2.45, 2.75) is 18.7 Å². The van der Waals surface area contributed by atoms with E-state index >= 15 is 0 Å². The van der Waals surface area contributed by atoms with Crippen molar-refractivity contribution < 1.29 is 17.9 Å². The number of rotatable bonds is 6. The van der Waals surface area contributed by atoms with E-state index in [1.54, 1.807) is 19.9 Å². The molecule has 7 heteroatoms. The van der Waals surface area contributed by atoms with Crippen LogP contribution in [0, 0.1) is 13.8 Å². The number of amides is 1. The lowest BCUT2D eigenvalue weighted by atomic mass is 10.1. The topological polar surface area (TPSA) is 72.5 Å². The normalized spacial score (nSPS) is 10.9. The molecule has 0 aliphatic heterocycles. The second-order valence-corrected chi connectivity index (χ2v) is 6.76. The van der Waals surface area contributed by atoms with Gasteiger partial charge in [0.1, 0.15) is 10.6 Å². The first-order chi connectivity index (χ1) is 9.25. The minimum atomic E-state index is -3.94. The van der Waals surface area contributed by atoms with E-state index in [0.717, 1.165) is 5.56 Å². The maximum absolute atomic E-state index is 11.5. The summed E-state index contributed by atoms with van der Waals surface area (Å²) in [7, 11) is 1.44. The molecule has 0 saturated heterocycles. The Morgan fingerprint density at radius 3 is 2.65 bits per heavy atom. The Bertz CT molecular complexity index is 626. The van der Waals surface area contributed by atoms with Gasteiger partial charge in [-0.15, -0.1) is 6.58 Å². The van der Waals surface area contributed by atoms with Crippen LogP contribution in [0.2, 0.25) is 0 Å². The first kappa shape index (κ1) is 16.5. The SMILES string of the molecule is C=CCNC(=O)COc1c(C)cc(C)cc1S(=O)(=O)Cl. The molecule has 1 rings (SSSR count). The van der Waals surface area contributed by atoms with Crippen molar-refractivity contribution in [1.29, 1.82) is 0 Å². The minimum absolute atomic E-state index is 0.0966. The molecule has 5 nitrogen and oxygen atoms in total. The van der Waals surface area contributed by atoms with Crippen LogP contribution in [0.4, 0.5) is 0 Å². The first-order valence-corrected chi connectivity index (χ1v) is 8.13. The molecule has 0 aliphatic carbocycles. The number of aryl methyl sites for hydroxylation is 2. The largest absolute Gasteiger partial charge is 0.482 e. The predicted molar refractivity (Wildman–Crippen MR) is 77.7 cm³/mol. The number of carbonyl (C=O) groups is 1. The lowest BCUT2D eigenvalue weighted by Crippen LogP contribution is -2.29. The number of ether oxygens (including phenoxy) is 1. The number of hydrogen-bond donors (Lipinski definition) is 1. The molecule has 0 heterocycles. The Balaban J connectivity index is 3.00. The highest BCUT2D eigenvalue weighted by Crippen LogP contribution is 2.31. The van der Waals surface area contributed by atoms with Gasteiger partial charge >= 0.3 is 0 Å². The molecule has 0 saturated carbocycles. The predicted octanol–water partition coefficient (Wildman–Crippen LogP) is 1.91. The maximum atomic E-state index is 11.5. The van der Waals surface area contributed by atoms with Gasteiger partial charge in [-0.05, 0) is 31.0 Å². The Hall–Kier alpha value is -1.53. The second kappa shape index (κ2) is 6.76. The molecular weight excluding hydrogens is 302 g/mol. The number of halogens is 1. The van der Waals surface area contributed by atoms with Gasteiger partial charge in [0.25, 0.3) is 15.0 Å². The lowest BCUT2D eigenvalue weighted by molar-refractivity contribution is -0.122. The molecule has 0 atom stereocenters. The van der Waals surface area contributed by atoms with Gasteiger partial charge in [-0.25, -0.2) is 8.42 Å². The molecule has 1 N–H and O–H groups in total. The Morgan fingerprint density at radius 1 is 1.45 bits per heavy atom. The minimum Gasteiger partial charge on any atom is -0.482 e. The highest BCUT2D eigenvalue weighted by atomic mass is 35.7. The zero-order chi connectivity index (χ0) is 15.3. The highest BCUT2D eigenvalue weighted by Gasteiger charge is 2.20. The number of carbonyl (C=O) groups excluding carboxylic acids is 1. The van der Waals surface area contributed by atoms with Crippen LogP contribution in [-0.2, 0) is 13.8 Å². The zero-order valence-electron chi connectivity index (χ0n) is 11.3. The van der Waals surface area contributed by atoms with E-state index in [9.17, 15) is 13.2 Å². The van der Waals surface area contributed by atoms with Crippen molar-refractivity contribution in [3.63, 3.8) is 0 Å². The monoisotopic (exact) mass is 317 g/mol. The van der Waals surface area contributed by atoms with Crippen LogP contribution < -0.4 is 10.1 Å². The van der Waals surface area contributed by atoms with Gasteiger partial charge in [0.15, 0.2) is 6.61 Å². The quantitative estimate of drug-likeness (QED) is 0.642. The van der Waals surface area contributed by atoms with Gasteiger partial charge in [-0.2, -0.15) is 0 Å². The third kappa shape index (κ3) is 4.54. The summed E-state index contributed by atoms with van der Waals surface area (Å²) in [6.45, 7) is 6.93. The number of benzene rings is 1. The molecule has 0 aromatic heterocycles. The summed E-state index contributed by atoms with van der Waals surface area (Å²) in [5.41, 5.74) is 1.34. The molecule has 0 radical (unpaired) electrons. The molecule has 1 amide bonds. The third-order valence-electron chi connectivity index (χ3n) is 2.44. The van der Waals surface area contributed by atoms with Crippen molar-refractivity contribution in [3.05, 3.63) is 35.9 Å². The fraction of sp³-hybridized carbons (Fsp3) is 0.308. The van der Waals surface area contributed by atoms with Gasteiger partial charge in [-0.1, -0.05) is 12.1 Å². The fourth-order valence-corrected chi connectivity index (χ4v) is 2.77. The van der Waals surface area contributed by atoms with Crippen LogP contribution in [0.1, 0.15) is 11.1 Å². The average Bonchev–Trinajstić information content (AvgIpc) is 2.33. The number of hydrogen-bond acceptors (Lipinski definition) is 4. The molecule has 0 bridgehead atoms. The molecule has 110 valence electrons. The van der Waals surface area contributed by atoms with E-state index in [2.05, 4.69) is 11.9 Å². The van der Waals surface area contributed by atoms with Crippen molar-refractivity contribution in [3.8, 4) is 5.75 Å². The summed E-state index contributed by atoms with van der Waals surface area (Å²) in [4.78, 5) is 11.3. The molecule has 0 spiro atoms. The fourth-order valence-electron chi connectivity index (χ4n) is 1.66. The van der Waals surface area contributed by atoms with Crippen molar-refractivity contribution in [2.24, 2.45) is 0 Å². The van der Waals surface area contributed by atoms with Crippen LogP contribution >= 0.6 is 10.7 Å². The molecule has 1 aromatic carbocycles. The van der Waals surface area contributed by atoms with Crippen molar-refractivity contribution in [1.82, 2.24) is 5.32 Å². The molecule has 0 fully saturated rings. The summed E-state index contributed by atoms with van der Waals surface area (Å²) in [5.74, 6) is -0.276.